The van der Waals surface area contributed by atoms with Gasteiger partial charge in [0, 0.05) is 22.5 Å². The van der Waals surface area contributed by atoms with Crippen molar-refractivity contribution in [1.82, 2.24) is 0 Å². The van der Waals surface area contributed by atoms with E-state index in [2.05, 4.69) is 31.9 Å². The molecule has 2 heterocycles. The Labute approximate surface area is 304 Å². The number of methoxy groups -OCH3 is 1. The minimum Gasteiger partial charge on any atom is -0.507 e. The third-order valence-corrected chi connectivity index (χ3v) is 12.5. The molecule has 5 N–H and O–H groups in total. The van der Waals surface area contributed by atoms with Crippen LogP contribution in [0.5, 0.6) is 23.0 Å². The lowest BCUT2D eigenvalue weighted by Gasteiger charge is -2.44. The minimum absolute atomic E-state index is 0.0154. The van der Waals surface area contributed by atoms with E-state index in [1.54, 1.807) is 6.08 Å². The molecule has 2 aliphatic carbocycles. The molecule has 3 fully saturated rings. The molecule has 4 amide bonds. The molecular formula is C35H26Br2N2O12. The highest BCUT2D eigenvalue weighted by molar-refractivity contribution is 9.13. The number of benzene rings is 3. The molecule has 0 radical (unpaired) electrons. The largest absolute Gasteiger partial charge is 0.507 e. The average molecular weight is 826 g/mol. The minimum atomic E-state index is -1.41. The molecule has 14 nitrogen and oxygen atoms in total. The van der Waals surface area contributed by atoms with Crippen LogP contribution in [0.2, 0.25) is 0 Å². The van der Waals surface area contributed by atoms with E-state index in [-0.39, 0.29) is 40.2 Å². The van der Waals surface area contributed by atoms with Gasteiger partial charge in [0.2, 0.25) is 23.6 Å². The second-order valence-corrected chi connectivity index (χ2v) is 14.3. The molecule has 51 heavy (non-hydrogen) atoms. The standard InChI is InChI=1S/C35H26Br2N2O12/c1-51-23-11-19(27(36)28(37)29(23)42)24-14-6-7-17-25(32(45)38(30(17)43)12-2-4-15(34(47)48)21(40)8-12)18(14)10-20-26(24)33(46)39(31(20)44)13-3-5-16(35(49)50)22(41)9-13/h2-6,8-9,11,17-18,20,24-26,40-42H,7,10H2,1H3,(H,47,48)(H,49,50)/t17-,18+,20+,24+,25-,26+/m0/s1. The normalized spacial score (nSPS) is 25.4. The second-order valence-electron chi connectivity index (χ2n) is 12.7. The predicted molar refractivity (Wildman–Crippen MR) is 183 cm³/mol. The summed E-state index contributed by atoms with van der Waals surface area (Å²) in [5.41, 5.74) is 0.128. The molecule has 7 rings (SSSR count). The number of aromatic hydroxyl groups is 3. The first-order valence-electron chi connectivity index (χ1n) is 15.5. The summed E-state index contributed by atoms with van der Waals surface area (Å²) < 4.78 is 5.97. The van der Waals surface area contributed by atoms with Gasteiger partial charge >= 0.3 is 11.9 Å². The molecule has 0 unspecified atom stereocenters. The highest BCUT2D eigenvalue weighted by atomic mass is 79.9. The van der Waals surface area contributed by atoms with Crippen LogP contribution in [0.15, 0.2) is 63.1 Å². The fraction of sp³-hybridized carbons (Fsp3) is 0.257. The van der Waals surface area contributed by atoms with Crippen molar-refractivity contribution in [3.05, 3.63) is 79.7 Å². The lowest BCUT2D eigenvalue weighted by Crippen LogP contribution is -2.43. The molecule has 0 bridgehead atoms. The third kappa shape index (κ3) is 5.02. The van der Waals surface area contributed by atoms with E-state index in [9.17, 15) is 54.3 Å². The number of carbonyl (C=O) groups excluding carboxylic acids is 4. The number of nitrogens with zero attached hydrogens (tertiary/aromatic N) is 2. The number of imide groups is 2. The van der Waals surface area contributed by atoms with Crippen molar-refractivity contribution in [2.24, 2.45) is 29.6 Å². The van der Waals surface area contributed by atoms with Crippen LogP contribution >= 0.6 is 31.9 Å². The lowest BCUT2D eigenvalue weighted by atomic mass is 9.57. The van der Waals surface area contributed by atoms with Crippen LogP contribution in [0.1, 0.15) is 45.0 Å². The van der Waals surface area contributed by atoms with E-state index in [4.69, 9.17) is 4.74 Å². The predicted octanol–water partition coefficient (Wildman–Crippen LogP) is 4.78. The number of hydrogen-bond acceptors (Lipinski definition) is 10. The Kier molecular flexibility index (Phi) is 8.21. The van der Waals surface area contributed by atoms with E-state index >= 15 is 0 Å². The topological polar surface area (TPSA) is 219 Å². The highest BCUT2D eigenvalue weighted by Crippen LogP contribution is 2.60. The molecule has 2 saturated heterocycles. The molecule has 0 aromatic heterocycles. The molecule has 0 spiro atoms. The van der Waals surface area contributed by atoms with Crippen molar-refractivity contribution in [2.75, 3.05) is 16.9 Å². The number of anilines is 2. The Hall–Kier alpha value is -5.22. The number of rotatable bonds is 6. The molecule has 3 aromatic rings. The van der Waals surface area contributed by atoms with Gasteiger partial charge in [0.05, 0.1) is 46.6 Å². The van der Waals surface area contributed by atoms with Crippen molar-refractivity contribution >= 4 is 78.8 Å². The molecule has 6 atom stereocenters. The van der Waals surface area contributed by atoms with E-state index in [0.717, 1.165) is 34.1 Å². The van der Waals surface area contributed by atoms with Gasteiger partial charge in [-0.25, -0.2) is 19.4 Å². The van der Waals surface area contributed by atoms with E-state index in [1.807, 2.05) is 0 Å². The van der Waals surface area contributed by atoms with Crippen molar-refractivity contribution in [3.8, 4) is 23.0 Å². The maximum atomic E-state index is 14.4. The molecular weight excluding hydrogens is 800 g/mol. The smallest absolute Gasteiger partial charge is 0.339 e. The lowest BCUT2D eigenvalue weighted by molar-refractivity contribution is -0.126. The van der Waals surface area contributed by atoms with Gasteiger partial charge in [-0.1, -0.05) is 11.6 Å². The summed E-state index contributed by atoms with van der Waals surface area (Å²) in [6.07, 6.45) is 1.87. The van der Waals surface area contributed by atoms with Crippen LogP contribution in [-0.4, -0.2) is 68.2 Å². The van der Waals surface area contributed by atoms with Crippen molar-refractivity contribution in [3.63, 3.8) is 0 Å². The highest BCUT2D eigenvalue weighted by Gasteiger charge is 2.62. The van der Waals surface area contributed by atoms with Gasteiger partial charge in [-0.15, -0.1) is 0 Å². The number of allylic oxidation sites excluding steroid dienone is 2. The first kappa shape index (κ1) is 34.2. The zero-order valence-corrected chi connectivity index (χ0v) is 29.4. The number of aromatic carboxylic acids is 2. The van der Waals surface area contributed by atoms with Crippen molar-refractivity contribution in [1.29, 1.82) is 0 Å². The molecule has 1 saturated carbocycles. The molecule has 3 aromatic carbocycles. The van der Waals surface area contributed by atoms with Gasteiger partial charge in [0.15, 0.2) is 11.5 Å². The number of ether oxygens (including phenoxy) is 1. The second kappa shape index (κ2) is 12.2. The van der Waals surface area contributed by atoms with Gasteiger partial charge in [-0.3, -0.25) is 19.2 Å². The van der Waals surface area contributed by atoms with Gasteiger partial charge < -0.3 is 30.3 Å². The fourth-order valence-corrected chi connectivity index (χ4v) is 9.09. The van der Waals surface area contributed by atoms with Crippen LogP contribution in [0.3, 0.4) is 0 Å². The molecule has 2 aliphatic heterocycles. The van der Waals surface area contributed by atoms with Gasteiger partial charge in [0.1, 0.15) is 22.6 Å². The Balaban J connectivity index is 1.36. The molecule has 262 valence electrons. The summed E-state index contributed by atoms with van der Waals surface area (Å²) in [7, 11) is 1.34. The summed E-state index contributed by atoms with van der Waals surface area (Å²) in [5, 5.41) is 50.3. The number of carboxylic acid groups (broad SMARTS) is 2. The summed E-state index contributed by atoms with van der Waals surface area (Å²) in [6, 6.07) is 8.24. The van der Waals surface area contributed by atoms with Crippen molar-refractivity contribution < 1.29 is 59.0 Å². The number of phenols is 3. The van der Waals surface area contributed by atoms with E-state index < -0.39 is 93.7 Å². The number of amides is 4. The Morgan fingerprint density at radius 3 is 1.76 bits per heavy atom. The van der Waals surface area contributed by atoms with E-state index in [1.165, 1.54) is 25.3 Å². The number of fused-ring (bicyclic) bond motifs is 4. The van der Waals surface area contributed by atoms with Crippen LogP contribution < -0.4 is 14.5 Å². The summed E-state index contributed by atoms with van der Waals surface area (Å²) in [6.45, 7) is 0. The van der Waals surface area contributed by atoms with Gasteiger partial charge in [0.25, 0.3) is 0 Å². The van der Waals surface area contributed by atoms with E-state index in [0.29, 0.717) is 15.6 Å². The zero-order chi connectivity index (χ0) is 36.8. The molecule has 16 heteroatoms. The maximum Gasteiger partial charge on any atom is 0.339 e. The summed E-state index contributed by atoms with van der Waals surface area (Å²) in [4.78, 5) is 81.6. The molecule has 4 aliphatic rings. The van der Waals surface area contributed by atoms with Crippen LogP contribution in [0, 0.1) is 29.6 Å². The fourth-order valence-electron chi connectivity index (χ4n) is 8.12. The first-order valence-corrected chi connectivity index (χ1v) is 17.1. The Morgan fingerprint density at radius 1 is 0.725 bits per heavy atom. The number of carboxylic acids is 2. The zero-order valence-electron chi connectivity index (χ0n) is 26.2. The van der Waals surface area contributed by atoms with Gasteiger partial charge in [-0.05, 0) is 86.5 Å². The average Bonchev–Trinajstić information content (AvgIpc) is 3.49. The number of carbonyl (C=O) groups is 6. The van der Waals surface area contributed by atoms with Crippen LogP contribution in [0.25, 0.3) is 0 Å². The first-order chi connectivity index (χ1) is 24.2. The summed E-state index contributed by atoms with van der Waals surface area (Å²) in [5.74, 6) is -12.3. The Morgan fingerprint density at radius 2 is 1.25 bits per heavy atom. The quantitative estimate of drug-likeness (QED) is 0.168. The SMILES string of the molecule is COc1cc([C@H]2C3=CC[C@@H]4C(=O)N(c5ccc(C(=O)O)c(O)c5)C(=O)[C@@H]4[C@@H]3C[C@H]3C(=O)N(c4ccc(C(=O)O)c(O)c4)C(=O)[C@@H]23)c(Br)c(Br)c1O. The third-order valence-electron chi connectivity index (χ3n) is 10.3. The number of halogens is 2. The number of hydrogen-bond donors (Lipinski definition) is 5. The summed E-state index contributed by atoms with van der Waals surface area (Å²) >= 11 is 6.90. The van der Waals surface area contributed by atoms with Gasteiger partial charge in [-0.2, -0.15) is 0 Å². The van der Waals surface area contributed by atoms with Crippen LogP contribution in [0.4, 0.5) is 11.4 Å². The maximum absolute atomic E-state index is 14.4. The monoisotopic (exact) mass is 824 g/mol. The number of phenolic OH excluding ortho intramolecular Hbond substituents is 1. The van der Waals surface area contributed by atoms with Crippen molar-refractivity contribution in [2.45, 2.75) is 18.8 Å². The van der Waals surface area contributed by atoms with Crippen LogP contribution in [-0.2, 0) is 19.2 Å². The Bertz CT molecular complexity index is 2170.